The van der Waals surface area contributed by atoms with Crippen molar-refractivity contribution in [2.75, 3.05) is 6.54 Å². The third-order valence-corrected chi connectivity index (χ3v) is 3.32. The van der Waals surface area contributed by atoms with Crippen LogP contribution in [0.25, 0.3) is 0 Å². The molecule has 0 bridgehead atoms. The van der Waals surface area contributed by atoms with Gasteiger partial charge in [0.1, 0.15) is 11.9 Å². The van der Waals surface area contributed by atoms with Gasteiger partial charge in [-0.3, -0.25) is 0 Å². The largest absolute Gasteiger partial charge is 0.488 e. The number of ether oxygens (including phenoxy) is 1. The first-order valence-electron chi connectivity index (χ1n) is 6.49. The van der Waals surface area contributed by atoms with Crippen molar-refractivity contribution < 1.29 is 4.74 Å². The quantitative estimate of drug-likeness (QED) is 0.875. The van der Waals surface area contributed by atoms with Crippen molar-refractivity contribution in [2.45, 2.75) is 52.7 Å². The zero-order chi connectivity index (χ0) is 13.8. The Kier molecular flexibility index (Phi) is 5.67. The Morgan fingerprint density at radius 3 is 2.50 bits per heavy atom. The maximum absolute atomic E-state index is 6.04. The van der Waals surface area contributed by atoms with E-state index < -0.39 is 0 Å². The zero-order valence-electron chi connectivity index (χ0n) is 12.0. The van der Waals surface area contributed by atoms with Crippen LogP contribution in [-0.2, 0) is 0 Å². The molecule has 0 aliphatic rings. The summed E-state index contributed by atoms with van der Waals surface area (Å²) in [5, 5.41) is 3.48. The monoisotopic (exact) mass is 313 g/mol. The molecule has 102 valence electrons. The molecule has 0 fully saturated rings. The second kappa shape index (κ2) is 6.58. The maximum Gasteiger partial charge on any atom is 0.133 e. The van der Waals surface area contributed by atoms with Crippen LogP contribution in [0.1, 0.15) is 39.7 Å². The molecule has 0 aliphatic carbocycles. The van der Waals surface area contributed by atoms with E-state index in [0.29, 0.717) is 0 Å². The van der Waals surface area contributed by atoms with E-state index in [9.17, 15) is 0 Å². The van der Waals surface area contributed by atoms with Crippen molar-refractivity contribution in [1.29, 1.82) is 0 Å². The van der Waals surface area contributed by atoms with Gasteiger partial charge in [-0.1, -0.05) is 13.0 Å². The zero-order valence-corrected chi connectivity index (χ0v) is 13.6. The van der Waals surface area contributed by atoms with E-state index in [4.69, 9.17) is 4.74 Å². The number of benzene rings is 1. The molecule has 1 unspecified atom stereocenters. The van der Waals surface area contributed by atoms with Gasteiger partial charge in [-0.15, -0.1) is 0 Å². The summed E-state index contributed by atoms with van der Waals surface area (Å²) in [6, 6.07) is 6.18. The van der Waals surface area contributed by atoms with Gasteiger partial charge >= 0.3 is 0 Å². The van der Waals surface area contributed by atoms with Crippen molar-refractivity contribution in [3.8, 4) is 5.75 Å². The van der Waals surface area contributed by atoms with E-state index in [1.54, 1.807) is 0 Å². The van der Waals surface area contributed by atoms with Gasteiger partial charge in [0.25, 0.3) is 0 Å². The van der Waals surface area contributed by atoms with Crippen LogP contribution in [0.2, 0.25) is 0 Å². The summed E-state index contributed by atoms with van der Waals surface area (Å²) in [5.41, 5.74) is 1.36. The summed E-state index contributed by atoms with van der Waals surface area (Å²) in [6.07, 6.45) is 1.19. The minimum Gasteiger partial charge on any atom is -0.488 e. The normalized spacial score (nSPS) is 13.4. The Hall–Kier alpha value is -0.540. The lowest BCUT2D eigenvalue weighted by Gasteiger charge is -2.25. The van der Waals surface area contributed by atoms with Gasteiger partial charge in [0.05, 0.1) is 4.47 Å². The molecule has 1 rings (SSSR count). The number of halogens is 1. The standard InChI is InChI=1S/C15H24BrNO/c1-6-12(10-17-15(3,4)5)18-14-8-7-11(2)9-13(14)16/h7-9,12,17H,6,10H2,1-5H3. The Balaban J connectivity index is 2.62. The molecule has 0 saturated heterocycles. The van der Waals surface area contributed by atoms with E-state index in [-0.39, 0.29) is 11.6 Å². The van der Waals surface area contributed by atoms with E-state index >= 15 is 0 Å². The molecule has 2 nitrogen and oxygen atoms in total. The van der Waals surface area contributed by atoms with Gasteiger partial charge < -0.3 is 10.1 Å². The average molecular weight is 314 g/mol. The summed E-state index contributed by atoms with van der Waals surface area (Å²) in [7, 11) is 0. The first kappa shape index (κ1) is 15.5. The average Bonchev–Trinajstić information content (AvgIpc) is 2.25. The highest BCUT2D eigenvalue weighted by molar-refractivity contribution is 9.10. The highest BCUT2D eigenvalue weighted by Gasteiger charge is 2.15. The number of nitrogens with one attached hydrogen (secondary N) is 1. The van der Waals surface area contributed by atoms with Gasteiger partial charge in [0.15, 0.2) is 0 Å². The summed E-state index contributed by atoms with van der Waals surface area (Å²) in [4.78, 5) is 0. The van der Waals surface area contributed by atoms with Crippen molar-refractivity contribution in [3.05, 3.63) is 28.2 Å². The predicted molar refractivity (Wildman–Crippen MR) is 81.3 cm³/mol. The van der Waals surface area contributed by atoms with Crippen LogP contribution in [0.15, 0.2) is 22.7 Å². The molecule has 3 heteroatoms. The Bertz CT molecular complexity index is 385. The molecular formula is C15H24BrNO. The second-order valence-corrected chi connectivity index (χ2v) is 6.57. The number of hydrogen-bond donors (Lipinski definition) is 1. The molecule has 0 spiro atoms. The van der Waals surface area contributed by atoms with Crippen LogP contribution in [0.5, 0.6) is 5.75 Å². The van der Waals surface area contributed by atoms with Crippen LogP contribution in [0.4, 0.5) is 0 Å². The molecular weight excluding hydrogens is 290 g/mol. The molecule has 0 radical (unpaired) electrons. The van der Waals surface area contributed by atoms with Crippen molar-refractivity contribution in [1.82, 2.24) is 5.32 Å². The van der Waals surface area contributed by atoms with Crippen LogP contribution >= 0.6 is 15.9 Å². The minimum atomic E-state index is 0.126. The molecule has 0 amide bonds. The lowest BCUT2D eigenvalue weighted by Crippen LogP contribution is -2.42. The molecule has 0 aromatic heterocycles. The van der Waals surface area contributed by atoms with Crippen LogP contribution in [0, 0.1) is 6.92 Å². The summed E-state index contributed by atoms with van der Waals surface area (Å²) >= 11 is 3.55. The number of hydrogen-bond acceptors (Lipinski definition) is 2. The number of aryl methyl sites for hydroxylation is 1. The third-order valence-electron chi connectivity index (χ3n) is 2.70. The maximum atomic E-state index is 6.04. The Morgan fingerprint density at radius 1 is 1.33 bits per heavy atom. The van der Waals surface area contributed by atoms with Crippen LogP contribution in [0.3, 0.4) is 0 Å². The minimum absolute atomic E-state index is 0.126. The van der Waals surface area contributed by atoms with Crippen LogP contribution < -0.4 is 10.1 Å². The molecule has 1 aromatic rings. The smallest absolute Gasteiger partial charge is 0.133 e. The fourth-order valence-corrected chi connectivity index (χ4v) is 2.16. The SMILES string of the molecule is CCC(CNC(C)(C)C)Oc1ccc(C)cc1Br. The Morgan fingerprint density at radius 2 is 2.00 bits per heavy atom. The van der Waals surface area contributed by atoms with E-state index in [1.807, 2.05) is 6.07 Å². The molecule has 1 N–H and O–H groups in total. The van der Waals surface area contributed by atoms with E-state index in [0.717, 1.165) is 23.2 Å². The van der Waals surface area contributed by atoms with Gasteiger partial charge in [-0.25, -0.2) is 0 Å². The molecule has 0 heterocycles. The second-order valence-electron chi connectivity index (χ2n) is 5.71. The first-order valence-corrected chi connectivity index (χ1v) is 7.29. The molecule has 0 aliphatic heterocycles. The van der Waals surface area contributed by atoms with Gasteiger partial charge in [-0.2, -0.15) is 0 Å². The fourth-order valence-electron chi connectivity index (χ4n) is 1.57. The Labute approximate surface area is 119 Å². The molecule has 0 saturated carbocycles. The molecule has 1 atom stereocenters. The number of rotatable bonds is 5. The van der Waals surface area contributed by atoms with Crippen molar-refractivity contribution in [3.63, 3.8) is 0 Å². The summed E-state index contributed by atoms with van der Waals surface area (Å²) < 4.78 is 7.06. The fraction of sp³-hybridized carbons (Fsp3) is 0.600. The molecule has 1 aromatic carbocycles. The van der Waals surface area contributed by atoms with Crippen LogP contribution in [-0.4, -0.2) is 18.2 Å². The van der Waals surface area contributed by atoms with E-state index in [1.165, 1.54) is 5.56 Å². The highest BCUT2D eigenvalue weighted by Crippen LogP contribution is 2.27. The summed E-state index contributed by atoms with van der Waals surface area (Å²) in [6.45, 7) is 11.6. The van der Waals surface area contributed by atoms with Crippen molar-refractivity contribution in [2.24, 2.45) is 0 Å². The highest BCUT2D eigenvalue weighted by atomic mass is 79.9. The van der Waals surface area contributed by atoms with Crippen molar-refractivity contribution >= 4 is 15.9 Å². The molecule has 18 heavy (non-hydrogen) atoms. The first-order chi connectivity index (χ1) is 8.31. The van der Waals surface area contributed by atoms with Gasteiger partial charge in [0, 0.05) is 12.1 Å². The van der Waals surface area contributed by atoms with E-state index in [2.05, 4.69) is 68.0 Å². The lowest BCUT2D eigenvalue weighted by atomic mass is 10.1. The van der Waals surface area contributed by atoms with Gasteiger partial charge in [-0.05, 0) is 67.7 Å². The van der Waals surface area contributed by atoms with Gasteiger partial charge in [0.2, 0.25) is 0 Å². The predicted octanol–water partition coefficient (Wildman–Crippen LogP) is 4.30. The topological polar surface area (TPSA) is 21.3 Å². The third kappa shape index (κ3) is 5.40. The summed E-state index contributed by atoms with van der Waals surface area (Å²) in [5.74, 6) is 0.920. The lowest BCUT2D eigenvalue weighted by molar-refractivity contribution is 0.180.